The highest BCUT2D eigenvalue weighted by Gasteiger charge is 2.09. The summed E-state index contributed by atoms with van der Waals surface area (Å²) in [5.74, 6) is -1.28. The molecular formula is C19H22N2O7. The van der Waals surface area contributed by atoms with Gasteiger partial charge in [-0.05, 0) is 31.9 Å². The molecule has 0 saturated heterocycles. The first-order valence-corrected chi connectivity index (χ1v) is 8.26. The molecule has 1 aromatic carbocycles. The number of Topliss-reactive ketones (excluding diaryl/α,β-unsaturated/α-hetero) is 1. The number of aryl methyl sites for hydroxylation is 1. The molecule has 0 radical (unpaired) electrons. The number of carbonyl (C=O) groups excluding carboxylic acids is 1. The van der Waals surface area contributed by atoms with E-state index < -0.39 is 11.9 Å². The number of imidazole rings is 1. The van der Waals surface area contributed by atoms with Gasteiger partial charge in [0, 0.05) is 30.1 Å². The molecule has 9 nitrogen and oxygen atoms in total. The molecule has 2 aromatic rings. The van der Waals surface area contributed by atoms with Crippen molar-refractivity contribution >= 4 is 17.7 Å². The summed E-state index contributed by atoms with van der Waals surface area (Å²) in [6.45, 7) is 2.12. The van der Waals surface area contributed by atoms with Crippen LogP contribution in [-0.2, 0) is 16.0 Å². The number of methoxy groups -OCH3 is 1. The lowest BCUT2D eigenvalue weighted by molar-refractivity contribution is -0.134. The second kappa shape index (κ2) is 11.9. The van der Waals surface area contributed by atoms with E-state index in [9.17, 15) is 14.4 Å². The highest BCUT2D eigenvalue weighted by molar-refractivity contribution is 5.97. The van der Waals surface area contributed by atoms with Gasteiger partial charge in [0.2, 0.25) is 0 Å². The van der Waals surface area contributed by atoms with E-state index in [-0.39, 0.29) is 5.78 Å². The number of H-pyrrole nitrogens is 1. The summed E-state index contributed by atoms with van der Waals surface area (Å²) in [7, 11) is 1.55. The van der Waals surface area contributed by atoms with E-state index in [4.69, 9.17) is 19.7 Å². The lowest BCUT2D eigenvalue weighted by Crippen LogP contribution is -2.02. The van der Waals surface area contributed by atoms with Gasteiger partial charge < -0.3 is 24.7 Å². The number of benzene rings is 1. The van der Waals surface area contributed by atoms with E-state index in [2.05, 4.69) is 9.97 Å². The number of aromatic amines is 1. The maximum Gasteiger partial charge on any atom is 0.328 e. The number of aliphatic carboxylic acids is 2. The largest absolute Gasteiger partial charge is 0.496 e. The Morgan fingerprint density at radius 2 is 1.86 bits per heavy atom. The van der Waals surface area contributed by atoms with E-state index in [1.807, 2.05) is 6.20 Å². The van der Waals surface area contributed by atoms with Crippen molar-refractivity contribution in [3.8, 4) is 11.5 Å². The minimum atomic E-state index is -1.26. The number of aromatic nitrogens is 2. The van der Waals surface area contributed by atoms with Crippen molar-refractivity contribution in [1.29, 1.82) is 0 Å². The van der Waals surface area contributed by atoms with Crippen molar-refractivity contribution in [3.63, 3.8) is 0 Å². The first-order chi connectivity index (χ1) is 13.3. The Bertz CT molecular complexity index is 798. The van der Waals surface area contributed by atoms with Crippen LogP contribution < -0.4 is 9.47 Å². The molecule has 1 heterocycles. The molecule has 0 fully saturated rings. The fourth-order valence-electron chi connectivity index (χ4n) is 2.07. The predicted octanol–water partition coefficient (Wildman–Crippen LogP) is 2.34. The topological polar surface area (TPSA) is 139 Å². The number of carboxylic acid groups (broad SMARTS) is 2. The van der Waals surface area contributed by atoms with Crippen LogP contribution in [0.4, 0.5) is 0 Å². The Morgan fingerprint density at radius 1 is 1.18 bits per heavy atom. The van der Waals surface area contributed by atoms with Gasteiger partial charge in [-0.15, -0.1) is 0 Å². The fourth-order valence-corrected chi connectivity index (χ4v) is 2.07. The van der Waals surface area contributed by atoms with Crippen molar-refractivity contribution < 1.29 is 34.1 Å². The van der Waals surface area contributed by atoms with Gasteiger partial charge in [-0.1, -0.05) is 0 Å². The lowest BCUT2D eigenvalue weighted by atomic mass is 10.1. The zero-order valence-electron chi connectivity index (χ0n) is 15.5. The van der Waals surface area contributed by atoms with Crippen LogP contribution in [0, 0.1) is 0 Å². The molecule has 2 rings (SSSR count). The van der Waals surface area contributed by atoms with Crippen LogP contribution in [0.25, 0.3) is 0 Å². The molecule has 0 atom stereocenters. The van der Waals surface area contributed by atoms with Crippen molar-refractivity contribution in [3.05, 3.63) is 54.1 Å². The molecule has 0 amide bonds. The summed E-state index contributed by atoms with van der Waals surface area (Å²) >= 11 is 0. The highest BCUT2D eigenvalue weighted by Crippen LogP contribution is 2.25. The smallest absolute Gasteiger partial charge is 0.328 e. The molecule has 0 bridgehead atoms. The van der Waals surface area contributed by atoms with Gasteiger partial charge in [0.05, 0.1) is 25.6 Å². The van der Waals surface area contributed by atoms with Crippen LogP contribution in [0.15, 0.2) is 42.9 Å². The molecule has 0 aliphatic carbocycles. The minimum Gasteiger partial charge on any atom is -0.496 e. The number of rotatable bonds is 9. The zero-order chi connectivity index (χ0) is 20.9. The molecular weight excluding hydrogens is 368 g/mol. The second-order valence-corrected chi connectivity index (χ2v) is 5.46. The molecule has 0 saturated carbocycles. The molecule has 0 aliphatic heterocycles. The third kappa shape index (κ3) is 8.65. The number of carbonyl (C=O) groups is 3. The normalized spacial score (nSPS) is 10.1. The van der Waals surface area contributed by atoms with Crippen LogP contribution in [0.5, 0.6) is 11.5 Å². The van der Waals surface area contributed by atoms with Gasteiger partial charge in [-0.25, -0.2) is 14.6 Å². The van der Waals surface area contributed by atoms with Gasteiger partial charge in [0.15, 0.2) is 5.78 Å². The van der Waals surface area contributed by atoms with E-state index in [0.717, 1.165) is 18.5 Å². The van der Waals surface area contributed by atoms with Crippen LogP contribution in [0.2, 0.25) is 0 Å². The number of ether oxygens (including phenoxy) is 2. The predicted molar refractivity (Wildman–Crippen MR) is 99.8 cm³/mol. The quantitative estimate of drug-likeness (QED) is 0.337. The second-order valence-electron chi connectivity index (χ2n) is 5.46. The molecule has 0 spiro atoms. The van der Waals surface area contributed by atoms with Gasteiger partial charge >= 0.3 is 11.9 Å². The monoisotopic (exact) mass is 390 g/mol. The third-order valence-corrected chi connectivity index (χ3v) is 3.33. The van der Waals surface area contributed by atoms with Crippen molar-refractivity contribution in [2.24, 2.45) is 0 Å². The van der Waals surface area contributed by atoms with Gasteiger partial charge in [-0.3, -0.25) is 4.79 Å². The van der Waals surface area contributed by atoms with E-state index in [1.54, 1.807) is 31.6 Å². The number of ketones is 1. The number of carboxylic acids is 2. The Kier molecular flexibility index (Phi) is 9.52. The lowest BCUT2D eigenvalue weighted by Gasteiger charge is -2.10. The number of hydrogen-bond acceptors (Lipinski definition) is 6. The standard InChI is InChI=1S/C15H18N2O3.C4H4O4/c1-11(18)14-6-5-13(8-15(14)19-2)20-7-3-4-12-9-16-10-17-12;5-3(6)1-2-4(7)8/h5-6,8-10H,3-4,7H2,1-2H3,(H,16,17);1-2H,(H,5,6)(H,7,8)/b;2-1-. The number of hydrogen-bond donors (Lipinski definition) is 3. The Hall–Kier alpha value is -3.62. The molecule has 0 aliphatic rings. The first-order valence-electron chi connectivity index (χ1n) is 8.26. The highest BCUT2D eigenvalue weighted by atomic mass is 16.5. The Balaban J connectivity index is 0.000000416. The van der Waals surface area contributed by atoms with Gasteiger partial charge in [0.25, 0.3) is 0 Å². The fraction of sp³-hybridized carbons (Fsp3) is 0.263. The van der Waals surface area contributed by atoms with Gasteiger partial charge in [0.1, 0.15) is 11.5 Å². The summed E-state index contributed by atoms with van der Waals surface area (Å²) in [5, 5.41) is 15.6. The molecule has 9 heteroatoms. The van der Waals surface area contributed by atoms with Crippen molar-refractivity contribution in [2.75, 3.05) is 13.7 Å². The van der Waals surface area contributed by atoms with Crippen molar-refractivity contribution in [2.45, 2.75) is 19.8 Å². The average Bonchev–Trinajstić information content (AvgIpc) is 3.17. The van der Waals surface area contributed by atoms with Crippen LogP contribution in [-0.4, -0.2) is 51.6 Å². The summed E-state index contributed by atoms with van der Waals surface area (Å²) < 4.78 is 10.9. The summed E-state index contributed by atoms with van der Waals surface area (Å²) in [4.78, 5) is 37.5. The Labute approximate surface area is 161 Å². The minimum absolute atomic E-state index is 0.0207. The molecule has 150 valence electrons. The van der Waals surface area contributed by atoms with E-state index >= 15 is 0 Å². The summed E-state index contributed by atoms with van der Waals surface area (Å²) in [6, 6.07) is 5.26. The molecule has 28 heavy (non-hydrogen) atoms. The number of nitrogens with zero attached hydrogens (tertiary/aromatic N) is 1. The van der Waals surface area contributed by atoms with Gasteiger partial charge in [-0.2, -0.15) is 0 Å². The number of nitrogens with one attached hydrogen (secondary N) is 1. The first kappa shape index (κ1) is 22.4. The Morgan fingerprint density at radius 3 is 2.36 bits per heavy atom. The van der Waals surface area contributed by atoms with Crippen LogP contribution in [0.1, 0.15) is 29.4 Å². The molecule has 1 aromatic heterocycles. The maximum absolute atomic E-state index is 11.4. The third-order valence-electron chi connectivity index (χ3n) is 3.33. The summed E-state index contributed by atoms with van der Waals surface area (Å²) in [5.41, 5.74) is 1.66. The molecule has 0 unspecified atom stereocenters. The molecule has 3 N–H and O–H groups in total. The zero-order valence-corrected chi connectivity index (χ0v) is 15.5. The maximum atomic E-state index is 11.4. The van der Waals surface area contributed by atoms with E-state index in [1.165, 1.54) is 6.92 Å². The SMILES string of the molecule is COc1cc(OCCCc2cnc[nH]2)ccc1C(C)=O.O=C(O)/C=C\C(=O)O. The summed E-state index contributed by atoms with van der Waals surface area (Å²) in [6.07, 6.45) is 6.37. The van der Waals surface area contributed by atoms with E-state index in [0.29, 0.717) is 35.8 Å². The average molecular weight is 390 g/mol. The van der Waals surface area contributed by atoms with Crippen LogP contribution >= 0.6 is 0 Å². The van der Waals surface area contributed by atoms with Crippen molar-refractivity contribution in [1.82, 2.24) is 9.97 Å². The van der Waals surface area contributed by atoms with Crippen LogP contribution in [0.3, 0.4) is 0 Å².